The summed E-state index contributed by atoms with van der Waals surface area (Å²) in [4.78, 5) is 16.7. The summed E-state index contributed by atoms with van der Waals surface area (Å²) in [6.45, 7) is 4.10. The number of hydrogen-bond donors (Lipinski definition) is 1. The first kappa shape index (κ1) is 21.7. The normalized spacial score (nSPS) is 11.6. The number of aryl methyl sites for hydroxylation is 3. The topological polar surface area (TPSA) is 92.5 Å². The molecule has 158 valence electrons. The zero-order valence-electron chi connectivity index (χ0n) is 17.5. The molecule has 0 aliphatic rings. The molecular weight excluding hydrogens is 402 g/mol. The van der Waals surface area contributed by atoms with Gasteiger partial charge in [0.15, 0.2) is 11.7 Å². The van der Waals surface area contributed by atoms with E-state index in [1.54, 1.807) is 18.3 Å². The van der Waals surface area contributed by atoms with Gasteiger partial charge in [0.25, 0.3) is 0 Å². The lowest BCUT2D eigenvalue weighted by molar-refractivity contribution is -0.116. The molecule has 30 heavy (non-hydrogen) atoms. The first-order valence-corrected chi connectivity index (χ1v) is 11.0. The quantitative estimate of drug-likeness (QED) is 0.619. The third-order valence-electron chi connectivity index (χ3n) is 4.83. The monoisotopic (exact) mass is 427 g/mol. The van der Waals surface area contributed by atoms with E-state index in [1.807, 2.05) is 25.1 Å². The van der Waals surface area contributed by atoms with Gasteiger partial charge in [-0.15, -0.1) is 0 Å². The number of carbonyl (C=O) groups is 1. The van der Waals surface area contributed by atoms with Crippen LogP contribution in [0, 0.1) is 13.8 Å². The molecule has 2 aromatic carbocycles. The second-order valence-electron chi connectivity index (χ2n) is 7.28. The minimum atomic E-state index is -3.49. The number of nitrogens with one attached hydrogen (secondary N) is 1. The molecule has 0 radical (unpaired) electrons. The van der Waals surface area contributed by atoms with Crippen LogP contribution >= 0.6 is 0 Å². The molecule has 0 spiro atoms. The second kappa shape index (κ2) is 8.81. The molecule has 0 saturated heterocycles. The molecule has 1 heterocycles. The maximum Gasteiger partial charge on any atom is 0.242 e. The lowest BCUT2D eigenvalue weighted by Gasteiger charge is -2.12. The van der Waals surface area contributed by atoms with Gasteiger partial charge < -0.3 is 9.73 Å². The van der Waals surface area contributed by atoms with Crippen LogP contribution in [0.2, 0.25) is 0 Å². The molecule has 0 bridgehead atoms. The van der Waals surface area contributed by atoms with Crippen LogP contribution in [0.25, 0.3) is 11.3 Å². The first-order chi connectivity index (χ1) is 14.2. The van der Waals surface area contributed by atoms with E-state index in [-0.39, 0.29) is 17.2 Å². The number of oxazole rings is 1. The molecular formula is C22H25N3O4S. The van der Waals surface area contributed by atoms with E-state index < -0.39 is 10.0 Å². The van der Waals surface area contributed by atoms with E-state index in [9.17, 15) is 13.2 Å². The Kier molecular flexibility index (Phi) is 6.38. The molecule has 3 aromatic rings. The van der Waals surface area contributed by atoms with Crippen molar-refractivity contribution in [3.63, 3.8) is 0 Å². The maximum absolute atomic E-state index is 12.2. The molecule has 3 rings (SSSR count). The Morgan fingerprint density at radius 2 is 1.77 bits per heavy atom. The predicted molar refractivity (Wildman–Crippen MR) is 116 cm³/mol. The summed E-state index contributed by atoms with van der Waals surface area (Å²) >= 11 is 0. The van der Waals surface area contributed by atoms with Crippen molar-refractivity contribution in [2.45, 2.75) is 31.6 Å². The first-order valence-electron chi connectivity index (χ1n) is 9.51. The van der Waals surface area contributed by atoms with Gasteiger partial charge >= 0.3 is 0 Å². The van der Waals surface area contributed by atoms with Gasteiger partial charge in [0.05, 0.1) is 11.1 Å². The molecule has 0 aliphatic heterocycles. The third kappa shape index (κ3) is 4.95. The highest BCUT2D eigenvalue weighted by Gasteiger charge is 2.17. The number of carbonyl (C=O) groups excluding carboxylic acids is 1. The second-order valence-corrected chi connectivity index (χ2v) is 9.43. The van der Waals surface area contributed by atoms with Crippen molar-refractivity contribution in [3.8, 4) is 11.3 Å². The van der Waals surface area contributed by atoms with E-state index in [1.165, 1.54) is 37.4 Å². The van der Waals surface area contributed by atoms with Gasteiger partial charge in [-0.1, -0.05) is 12.1 Å². The van der Waals surface area contributed by atoms with Crippen molar-refractivity contribution in [2.24, 2.45) is 0 Å². The molecule has 0 unspecified atom stereocenters. The standard InChI is InChI=1S/C22H25N3O4S/c1-15-5-6-17(13-16(15)2)20-14-23-22(29-20)12-11-21(26)24-18-7-9-19(10-8-18)30(27,28)25(3)4/h5-10,13-14H,11-12H2,1-4H3,(H,24,26). The molecule has 0 aliphatic carbocycles. The molecule has 0 fully saturated rings. The highest BCUT2D eigenvalue weighted by atomic mass is 32.2. The van der Waals surface area contributed by atoms with Crippen molar-refractivity contribution in [1.82, 2.24) is 9.29 Å². The van der Waals surface area contributed by atoms with Crippen LogP contribution < -0.4 is 5.32 Å². The van der Waals surface area contributed by atoms with Gasteiger partial charge in [-0.05, 0) is 55.3 Å². The lowest BCUT2D eigenvalue weighted by Crippen LogP contribution is -2.22. The van der Waals surface area contributed by atoms with Crippen molar-refractivity contribution in [1.29, 1.82) is 0 Å². The van der Waals surface area contributed by atoms with E-state index in [0.29, 0.717) is 23.8 Å². The van der Waals surface area contributed by atoms with Crippen LogP contribution in [0.5, 0.6) is 0 Å². The van der Waals surface area contributed by atoms with Gasteiger partial charge in [0, 0.05) is 38.2 Å². The van der Waals surface area contributed by atoms with Crippen LogP contribution in [0.1, 0.15) is 23.4 Å². The number of rotatable bonds is 7. The summed E-state index contributed by atoms with van der Waals surface area (Å²) in [6.07, 6.45) is 2.23. The van der Waals surface area contributed by atoms with Crippen LogP contribution in [-0.2, 0) is 21.2 Å². The number of hydrogen-bond acceptors (Lipinski definition) is 5. The summed E-state index contributed by atoms with van der Waals surface area (Å²) in [7, 11) is -0.552. The summed E-state index contributed by atoms with van der Waals surface area (Å²) in [5, 5.41) is 2.76. The molecule has 1 amide bonds. The fourth-order valence-electron chi connectivity index (χ4n) is 2.82. The molecule has 0 saturated carbocycles. The Morgan fingerprint density at radius 1 is 1.07 bits per heavy atom. The Balaban J connectivity index is 1.57. The number of aromatic nitrogens is 1. The number of amides is 1. The smallest absolute Gasteiger partial charge is 0.242 e. The lowest BCUT2D eigenvalue weighted by atomic mass is 10.1. The molecule has 1 N–H and O–H groups in total. The average Bonchev–Trinajstić information content (AvgIpc) is 3.18. The van der Waals surface area contributed by atoms with Crippen LogP contribution in [0.3, 0.4) is 0 Å². The SMILES string of the molecule is Cc1ccc(-c2cnc(CCC(=O)Nc3ccc(S(=O)(=O)N(C)C)cc3)o2)cc1C. The van der Waals surface area contributed by atoms with Crippen molar-refractivity contribution >= 4 is 21.6 Å². The average molecular weight is 428 g/mol. The van der Waals surface area contributed by atoms with Gasteiger partial charge in [-0.2, -0.15) is 0 Å². The fraction of sp³-hybridized carbons (Fsp3) is 0.273. The van der Waals surface area contributed by atoms with E-state index in [4.69, 9.17) is 4.42 Å². The predicted octanol–water partition coefficient (Wildman–Crippen LogP) is 3.78. The molecule has 7 nitrogen and oxygen atoms in total. The van der Waals surface area contributed by atoms with Crippen molar-refractivity contribution in [2.75, 3.05) is 19.4 Å². The zero-order chi connectivity index (χ0) is 21.9. The van der Waals surface area contributed by atoms with Gasteiger partial charge in [-0.3, -0.25) is 4.79 Å². The van der Waals surface area contributed by atoms with E-state index in [0.717, 1.165) is 9.87 Å². The van der Waals surface area contributed by atoms with Crippen molar-refractivity contribution in [3.05, 3.63) is 65.7 Å². The fourth-order valence-corrected chi connectivity index (χ4v) is 3.72. The summed E-state index contributed by atoms with van der Waals surface area (Å²) in [5.41, 5.74) is 3.87. The summed E-state index contributed by atoms with van der Waals surface area (Å²) in [6, 6.07) is 12.1. The Labute approximate surface area is 176 Å². The number of benzene rings is 2. The van der Waals surface area contributed by atoms with Crippen LogP contribution in [-0.4, -0.2) is 37.7 Å². The molecule has 8 heteroatoms. The summed E-state index contributed by atoms with van der Waals surface area (Å²) in [5.74, 6) is 0.959. The van der Waals surface area contributed by atoms with Gasteiger partial charge in [0.1, 0.15) is 0 Å². The molecule has 0 atom stereocenters. The zero-order valence-corrected chi connectivity index (χ0v) is 18.3. The number of anilines is 1. The van der Waals surface area contributed by atoms with Crippen LogP contribution in [0.15, 0.2) is 58.0 Å². The Hall–Kier alpha value is -2.97. The van der Waals surface area contributed by atoms with E-state index >= 15 is 0 Å². The Bertz CT molecular complexity index is 1150. The summed E-state index contributed by atoms with van der Waals surface area (Å²) < 4.78 is 31.1. The minimum Gasteiger partial charge on any atom is -0.441 e. The highest BCUT2D eigenvalue weighted by molar-refractivity contribution is 7.89. The number of sulfonamides is 1. The molecule has 1 aromatic heterocycles. The van der Waals surface area contributed by atoms with Gasteiger partial charge in [-0.25, -0.2) is 17.7 Å². The number of nitrogens with zero attached hydrogens (tertiary/aromatic N) is 2. The highest BCUT2D eigenvalue weighted by Crippen LogP contribution is 2.23. The minimum absolute atomic E-state index is 0.171. The van der Waals surface area contributed by atoms with Crippen LogP contribution in [0.4, 0.5) is 5.69 Å². The van der Waals surface area contributed by atoms with Crippen molar-refractivity contribution < 1.29 is 17.6 Å². The van der Waals surface area contributed by atoms with E-state index in [2.05, 4.69) is 17.2 Å². The Morgan fingerprint density at radius 3 is 2.40 bits per heavy atom. The maximum atomic E-state index is 12.2. The largest absolute Gasteiger partial charge is 0.441 e. The van der Waals surface area contributed by atoms with Gasteiger partial charge in [0.2, 0.25) is 15.9 Å². The third-order valence-corrected chi connectivity index (χ3v) is 6.66.